The van der Waals surface area contributed by atoms with E-state index in [9.17, 15) is 4.79 Å². The molecular weight excluding hydrogens is 192 g/mol. The van der Waals surface area contributed by atoms with E-state index in [1.165, 1.54) is 4.68 Å². The molecule has 0 aliphatic heterocycles. The van der Waals surface area contributed by atoms with Crippen LogP contribution in [-0.2, 0) is 0 Å². The molecule has 2 heterocycles. The summed E-state index contributed by atoms with van der Waals surface area (Å²) in [6, 6.07) is 5.27. The topological polar surface area (TPSA) is 63.6 Å². The van der Waals surface area contributed by atoms with Gasteiger partial charge in [0.1, 0.15) is 0 Å². The van der Waals surface area contributed by atoms with Crippen molar-refractivity contribution in [1.82, 2.24) is 19.7 Å². The zero-order valence-electron chi connectivity index (χ0n) is 6.44. The van der Waals surface area contributed by atoms with Crippen LogP contribution in [-0.4, -0.2) is 19.7 Å². The molecule has 2 aromatic rings. The van der Waals surface area contributed by atoms with Gasteiger partial charge in [0.2, 0.25) is 5.28 Å². The quantitative estimate of drug-likeness (QED) is 0.727. The molecule has 66 valence electrons. The highest BCUT2D eigenvalue weighted by atomic mass is 35.5. The Hall–Kier alpha value is -1.62. The van der Waals surface area contributed by atoms with E-state index in [0.29, 0.717) is 5.82 Å². The van der Waals surface area contributed by atoms with Crippen molar-refractivity contribution < 1.29 is 0 Å². The zero-order valence-corrected chi connectivity index (χ0v) is 7.19. The predicted molar refractivity (Wildman–Crippen MR) is 47.0 cm³/mol. The average molecular weight is 197 g/mol. The maximum Gasteiger partial charge on any atom is 0.362 e. The smallest absolute Gasteiger partial charge is 0.244 e. The Morgan fingerprint density at radius 2 is 2.31 bits per heavy atom. The van der Waals surface area contributed by atoms with E-state index in [2.05, 4.69) is 15.1 Å². The number of aromatic nitrogens is 4. The van der Waals surface area contributed by atoms with E-state index in [0.717, 1.165) is 0 Å². The van der Waals surface area contributed by atoms with Gasteiger partial charge in [-0.3, -0.25) is 0 Å². The molecule has 0 spiro atoms. The Morgan fingerprint density at radius 1 is 1.46 bits per heavy atom. The summed E-state index contributed by atoms with van der Waals surface area (Å²) in [4.78, 5) is 18.2. The van der Waals surface area contributed by atoms with Crippen LogP contribution in [0.4, 0.5) is 0 Å². The zero-order chi connectivity index (χ0) is 9.26. The monoisotopic (exact) mass is 196 g/mol. The normalized spacial score (nSPS) is 10.2. The number of nitrogens with one attached hydrogen (secondary N) is 1. The van der Waals surface area contributed by atoms with Gasteiger partial charge in [-0.25, -0.2) is 19.6 Å². The number of rotatable bonds is 1. The van der Waals surface area contributed by atoms with Crippen LogP contribution >= 0.6 is 11.6 Å². The van der Waals surface area contributed by atoms with Crippen molar-refractivity contribution in [1.29, 1.82) is 0 Å². The molecule has 0 fully saturated rings. The van der Waals surface area contributed by atoms with Gasteiger partial charge in [0.15, 0.2) is 5.82 Å². The van der Waals surface area contributed by atoms with Crippen LogP contribution in [0.3, 0.4) is 0 Å². The molecular formula is C7H5ClN4O. The molecule has 0 aromatic carbocycles. The van der Waals surface area contributed by atoms with Gasteiger partial charge in [-0.1, -0.05) is 6.07 Å². The van der Waals surface area contributed by atoms with E-state index < -0.39 is 5.69 Å². The fourth-order valence-electron chi connectivity index (χ4n) is 0.938. The number of halogens is 1. The molecule has 6 heteroatoms. The average Bonchev–Trinajstić information content (AvgIpc) is 2.47. The van der Waals surface area contributed by atoms with Crippen LogP contribution in [0.15, 0.2) is 29.2 Å². The summed E-state index contributed by atoms with van der Waals surface area (Å²) in [6.45, 7) is 0. The van der Waals surface area contributed by atoms with Gasteiger partial charge in [-0.05, 0) is 23.7 Å². The highest BCUT2D eigenvalue weighted by molar-refractivity contribution is 6.28. The second kappa shape index (κ2) is 3.02. The van der Waals surface area contributed by atoms with E-state index in [4.69, 9.17) is 11.6 Å². The second-order valence-electron chi connectivity index (χ2n) is 2.32. The molecule has 2 aromatic heterocycles. The highest BCUT2D eigenvalue weighted by Gasteiger charge is 2.04. The van der Waals surface area contributed by atoms with Gasteiger partial charge in [-0.15, -0.1) is 0 Å². The molecule has 0 saturated carbocycles. The molecule has 1 N–H and O–H groups in total. The summed E-state index contributed by atoms with van der Waals surface area (Å²) in [6.07, 6.45) is 1.60. The van der Waals surface area contributed by atoms with Gasteiger partial charge >= 0.3 is 5.69 Å². The van der Waals surface area contributed by atoms with Crippen molar-refractivity contribution >= 4 is 11.6 Å². The summed E-state index contributed by atoms with van der Waals surface area (Å²) in [7, 11) is 0. The SMILES string of the molecule is O=c1nc(Cl)n(-c2ccccn2)[nH]1. The van der Waals surface area contributed by atoms with Gasteiger partial charge in [0.05, 0.1) is 0 Å². The molecule has 0 radical (unpaired) electrons. The number of hydrogen-bond donors (Lipinski definition) is 1. The van der Waals surface area contributed by atoms with Crippen molar-refractivity contribution in [3.05, 3.63) is 40.2 Å². The molecule has 0 aliphatic carbocycles. The standard InChI is InChI=1S/C7H5ClN4O/c8-6-10-7(13)11-12(6)5-3-1-2-4-9-5/h1-4H,(H,11,13). The highest BCUT2D eigenvalue weighted by Crippen LogP contribution is 2.06. The summed E-state index contributed by atoms with van der Waals surface area (Å²) < 4.78 is 1.31. The molecule has 2 rings (SSSR count). The first-order valence-electron chi connectivity index (χ1n) is 3.53. The van der Waals surface area contributed by atoms with Crippen LogP contribution < -0.4 is 5.69 Å². The molecule has 0 bridgehead atoms. The summed E-state index contributed by atoms with van der Waals surface area (Å²) in [5.74, 6) is 0.530. The van der Waals surface area contributed by atoms with E-state index in [1.54, 1.807) is 24.4 Å². The van der Waals surface area contributed by atoms with E-state index >= 15 is 0 Å². The molecule has 0 saturated heterocycles. The first-order valence-corrected chi connectivity index (χ1v) is 3.91. The Labute approximate surface area is 78.0 Å². The third-order valence-electron chi connectivity index (χ3n) is 1.46. The maximum atomic E-state index is 10.8. The fraction of sp³-hybridized carbons (Fsp3) is 0. The van der Waals surface area contributed by atoms with E-state index in [1.807, 2.05) is 0 Å². The molecule has 0 atom stereocenters. The van der Waals surface area contributed by atoms with Crippen molar-refractivity contribution in [2.24, 2.45) is 0 Å². The number of pyridine rings is 1. The molecule has 0 unspecified atom stereocenters. The number of H-pyrrole nitrogens is 1. The van der Waals surface area contributed by atoms with Gasteiger partial charge in [-0.2, -0.15) is 4.98 Å². The Kier molecular flexibility index (Phi) is 1.86. The fourth-order valence-corrected chi connectivity index (χ4v) is 1.14. The first kappa shape index (κ1) is 8.00. The third-order valence-corrected chi connectivity index (χ3v) is 1.72. The number of aromatic amines is 1. The molecule has 0 aliphatic rings. The van der Waals surface area contributed by atoms with Crippen molar-refractivity contribution in [2.75, 3.05) is 0 Å². The Bertz CT molecular complexity index is 461. The van der Waals surface area contributed by atoms with Gasteiger partial charge in [0, 0.05) is 6.20 Å². The molecule has 13 heavy (non-hydrogen) atoms. The second-order valence-corrected chi connectivity index (χ2v) is 2.66. The van der Waals surface area contributed by atoms with Crippen LogP contribution in [0.5, 0.6) is 0 Å². The predicted octanol–water partition coefficient (Wildman–Crippen LogP) is 0.609. The summed E-state index contributed by atoms with van der Waals surface area (Å²) >= 11 is 5.66. The largest absolute Gasteiger partial charge is 0.362 e. The Morgan fingerprint density at radius 3 is 2.85 bits per heavy atom. The minimum atomic E-state index is -0.490. The van der Waals surface area contributed by atoms with E-state index in [-0.39, 0.29) is 5.28 Å². The lowest BCUT2D eigenvalue weighted by Gasteiger charge is -1.98. The van der Waals surface area contributed by atoms with Crippen LogP contribution in [0.2, 0.25) is 5.28 Å². The minimum absolute atomic E-state index is 0.0729. The first-order chi connectivity index (χ1) is 6.27. The molecule has 0 amide bonds. The van der Waals surface area contributed by atoms with Gasteiger partial charge < -0.3 is 0 Å². The summed E-state index contributed by atoms with van der Waals surface area (Å²) in [5.41, 5.74) is -0.490. The van der Waals surface area contributed by atoms with Crippen molar-refractivity contribution in [3.8, 4) is 5.82 Å². The van der Waals surface area contributed by atoms with Crippen LogP contribution in [0.1, 0.15) is 0 Å². The number of hydrogen-bond acceptors (Lipinski definition) is 3. The van der Waals surface area contributed by atoms with Gasteiger partial charge in [0.25, 0.3) is 0 Å². The Balaban J connectivity index is 2.59. The lowest BCUT2D eigenvalue weighted by Crippen LogP contribution is -2.05. The van der Waals surface area contributed by atoms with Crippen molar-refractivity contribution in [2.45, 2.75) is 0 Å². The lowest BCUT2D eigenvalue weighted by atomic mass is 10.5. The van der Waals surface area contributed by atoms with Crippen molar-refractivity contribution in [3.63, 3.8) is 0 Å². The lowest BCUT2D eigenvalue weighted by molar-refractivity contribution is 0.834. The third kappa shape index (κ3) is 1.46. The van der Waals surface area contributed by atoms with Crippen LogP contribution in [0, 0.1) is 0 Å². The molecule has 5 nitrogen and oxygen atoms in total. The minimum Gasteiger partial charge on any atom is -0.244 e. The summed E-state index contributed by atoms with van der Waals surface area (Å²) in [5, 5.41) is 2.49. The van der Waals surface area contributed by atoms with Crippen LogP contribution in [0.25, 0.3) is 5.82 Å². The number of nitrogens with zero attached hydrogens (tertiary/aromatic N) is 3. The maximum absolute atomic E-state index is 10.8.